The quantitative estimate of drug-likeness (QED) is 0.927. The summed E-state index contributed by atoms with van der Waals surface area (Å²) in [6.07, 6.45) is 1.67. The van der Waals surface area contributed by atoms with Crippen LogP contribution in [-0.2, 0) is 6.54 Å². The van der Waals surface area contributed by atoms with Crippen LogP contribution in [0.4, 0.5) is 0 Å². The molecule has 0 amide bonds. The number of aliphatic hydroxyl groups is 1. The number of halogens is 1. The van der Waals surface area contributed by atoms with Gasteiger partial charge in [-0.3, -0.25) is 4.90 Å². The van der Waals surface area contributed by atoms with Gasteiger partial charge in [-0.25, -0.2) is 0 Å². The van der Waals surface area contributed by atoms with Gasteiger partial charge in [0.15, 0.2) is 0 Å². The van der Waals surface area contributed by atoms with E-state index in [4.69, 9.17) is 4.52 Å². The first-order chi connectivity index (χ1) is 9.20. The van der Waals surface area contributed by atoms with Crippen LogP contribution in [0.5, 0.6) is 0 Å². The molecule has 1 atom stereocenters. The van der Waals surface area contributed by atoms with E-state index in [1.807, 2.05) is 11.4 Å². The molecule has 0 spiro atoms. The molecule has 2 aromatic rings. The molecule has 1 saturated heterocycles. The maximum Gasteiger partial charge on any atom is 0.241 e. The van der Waals surface area contributed by atoms with Crippen molar-refractivity contribution >= 4 is 27.3 Å². The zero-order chi connectivity index (χ0) is 13.2. The summed E-state index contributed by atoms with van der Waals surface area (Å²) in [5.41, 5.74) is 0. The highest BCUT2D eigenvalue weighted by molar-refractivity contribution is 9.10. The van der Waals surface area contributed by atoms with Crippen LogP contribution in [-0.4, -0.2) is 39.3 Å². The average Bonchev–Trinajstić information content (AvgIpc) is 2.98. The fourth-order valence-corrected chi connectivity index (χ4v) is 3.57. The van der Waals surface area contributed by atoms with E-state index in [0.717, 1.165) is 28.7 Å². The molecule has 5 nitrogen and oxygen atoms in total. The third kappa shape index (κ3) is 3.22. The molecule has 1 aliphatic heterocycles. The van der Waals surface area contributed by atoms with E-state index in [1.165, 1.54) is 0 Å². The number of piperidine rings is 1. The van der Waals surface area contributed by atoms with Crippen molar-refractivity contribution in [3.63, 3.8) is 0 Å². The second-order valence-corrected chi connectivity index (χ2v) is 6.50. The first kappa shape index (κ1) is 13.2. The smallest absolute Gasteiger partial charge is 0.241 e. The normalized spacial score (nSPS) is 20.8. The number of hydrogen-bond acceptors (Lipinski definition) is 6. The molecular weight excluding hydrogens is 330 g/mol. The number of rotatable bonds is 3. The van der Waals surface area contributed by atoms with Crippen molar-refractivity contribution in [2.45, 2.75) is 25.5 Å². The number of aromatic nitrogens is 2. The molecule has 0 saturated carbocycles. The van der Waals surface area contributed by atoms with Crippen LogP contribution in [0.15, 0.2) is 20.4 Å². The number of thiophene rings is 1. The van der Waals surface area contributed by atoms with Crippen LogP contribution < -0.4 is 0 Å². The van der Waals surface area contributed by atoms with E-state index in [9.17, 15) is 5.11 Å². The predicted molar refractivity (Wildman–Crippen MR) is 75.8 cm³/mol. The molecule has 0 radical (unpaired) electrons. The van der Waals surface area contributed by atoms with E-state index in [2.05, 4.69) is 31.0 Å². The Labute approximate surface area is 123 Å². The fraction of sp³-hybridized carbons (Fsp3) is 0.500. The van der Waals surface area contributed by atoms with Gasteiger partial charge < -0.3 is 9.63 Å². The number of β-amino-alcohol motifs (C(OH)–C–C–N with tert-alkyl or cyclic N) is 1. The highest BCUT2D eigenvalue weighted by Gasteiger charge is 2.20. The summed E-state index contributed by atoms with van der Waals surface area (Å²) < 4.78 is 6.30. The maximum atomic E-state index is 9.63. The average molecular weight is 344 g/mol. The lowest BCUT2D eigenvalue weighted by atomic mass is 10.1. The largest absolute Gasteiger partial charge is 0.392 e. The van der Waals surface area contributed by atoms with Crippen molar-refractivity contribution in [3.8, 4) is 10.7 Å². The number of likely N-dealkylation sites (tertiary alicyclic amines) is 1. The van der Waals surface area contributed by atoms with E-state index in [1.54, 1.807) is 11.3 Å². The molecule has 0 bridgehead atoms. The summed E-state index contributed by atoms with van der Waals surface area (Å²) in [7, 11) is 0. The SMILES string of the molecule is OC1CCCN(Cc2nc(-c3cc(Br)cs3)no2)C1. The molecule has 1 unspecified atom stereocenters. The Bertz CT molecular complexity index is 557. The minimum absolute atomic E-state index is 0.232. The van der Waals surface area contributed by atoms with Gasteiger partial charge in [0.05, 0.1) is 17.5 Å². The monoisotopic (exact) mass is 343 g/mol. The number of hydrogen-bond donors (Lipinski definition) is 1. The Morgan fingerprint density at radius 1 is 1.58 bits per heavy atom. The van der Waals surface area contributed by atoms with Crippen LogP contribution in [0.25, 0.3) is 10.7 Å². The van der Waals surface area contributed by atoms with Crippen LogP contribution >= 0.6 is 27.3 Å². The van der Waals surface area contributed by atoms with Gasteiger partial charge in [0, 0.05) is 16.4 Å². The van der Waals surface area contributed by atoms with Crippen molar-refractivity contribution in [2.75, 3.05) is 13.1 Å². The molecule has 19 heavy (non-hydrogen) atoms. The number of aliphatic hydroxyl groups excluding tert-OH is 1. The molecule has 3 rings (SSSR count). The third-order valence-corrected chi connectivity index (χ3v) is 4.78. The second-order valence-electron chi connectivity index (χ2n) is 4.67. The Morgan fingerprint density at radius 3 is 3.21 bits per heavy atom. The predicted octanol–water partition coefficient (Wildman–Crippen LogP) is 2.52. The molecule has 0 aliphatic carbocycles. The number of nitrogens with zero attached hydrogens (tertiary/aromatic N) is 3. The highest BCUT2D eigenvalue weighted by atomic mass is 79.9. The van der Waals surface area contributed by atoms with E-state index in [-0.39, 0.29) is 6.10 Å². The van der Waals surface area contributed by atoms with Crippen LogP contribution in [0.3, 0.4) is 0 Å². The lowest BCUT2D eigenvalue weighted by molar-refractivity contribution is 0.0613. The van der Waals surface area contributed by atoms with Crippen molar-refractivity contribution in [3.05, 3.63) is 21.8 Å². The molecule has 1 N–H and O–H groups in total. The van der Waals surface area contributed by atoms with Crippen molar-refractivity contribution in [1.29, 1.82) is 0 Å². The standard InChI is InChI=1S/C12H14BrN3O2S/c13-8-4-10(19-7-8)12-14-11(18-15-12)6-16-3-1-2-9(17)5-16/h4,7,9,17H,1-3,5-6H2. The lowest BCUT2D eigenvalue weighted by Gasteiger charge is -2.28. The zero-order valence-electron chi connectivity index (χ0n) is 10.3. The van der Waals surface area contributed by atoms with Crippen LogP contribution in [0.1, 0.15) is 18.7 Å². The van der Waals surface area contributed by atoms with Gasteiger partial charge in [-0.05, 0) is 41.4 Å². The summed E-state index contributed by atoms with van der Waals surface area (Å²) in [6, 6.07) is 1.98. The molecule has 3 heterocycles. The van der Waals surface area contributed by atoms with Gasteiger partial charge in [0.1, 0.15) is 0 Å². The second kappa shape index (κ2) is 5.70. The van der Waals surface area contributed by atoms with Crippen molar-refractivity contribution in [1.82, 2.24) is 15.0 Å². The topological polar surface area (TPSA) is 62.4 Å². The van der Waals surface area contributed by atoms with Crippen molar-refractivity contribution in [2.24, 2.45) is 0 Å². The molecule has 2 aromatic heterocycles. The molecule has 102 valence electrons. The Balaban J connectivity index is 1.68. The molecule has 0 aromatic carbocycles. The van der Waals surface area contributed by atoms with Gasteiger partial charge in [-0.1, -0.05) is 5.16 Å². The molecule has 1 fully saturated rings. The minimum atomic E-state index is -0.232. The van der Waals surface area contributed by atoms with Gasteiger partial charge in [-0.2, -0.15) is 4.98 Å². The summed E-state index contributed by atoms with van der Waals surface area (Å²) in [5.74, 6) is 1.23. The van der Waals surface area contributed by atoms with Gasteiger partial charge in [-0.15, -0.1) is 11.3 Å². The fourth-order valence-electron chi connectivity index (χ4n) is 2.22. The molecule has 7 heteroatoms. The zero-order valence-corrected chi connectivity index (χ0v) is 12.7. The summed E-state index contributed by atoms with van der Waals surface area (Å²) in [5, 5.41) is 15.6. The van der Waals surface area contributed by atoms with E-state index < -0.39 is 0 Å². The summed E-state index contributed by atoms with van der Waals surface area (Å²) >= 11 is 4.99. The first-order valence-electron chi connectivity index (χ1n) is 6.18. The highest BCUT2D eigenvalue weighted by Crippen LogP contribution is 2.27. The third-order valence-electron chi connectivity index (χ3n) is 3.10. The summed E-state index contributed by atoms with van der Waals surface area (Å²) in [6.45, 7) is 2.26. The van der Waals surface area contributed by atoms with E-state index in [0.29, 0.717) is 24.8 Å². The van der Waals surface area contributed by atoms with Gasteiger partial charge >= 0.3 is 0 Å². The van der Waals surface area contributed by atoms with Gasteiger partial charge in [0.2, 0.25) is 11.7 Å². The molecule has 1 aliphatic rings. The van der Waals surface area contributed by atoms with Gasteiger partial charge in [0.25, 0.3) is 0 Å². The Kier molecular flexibility index (Phi) is 3.97. The van der Waals surface area contributed by atoms with Crippen molar-refractivity contribution < 1.29 is 9.63 Å². The lowest BCUT2D eigenvalue weighted by Crippen LogP contribution is -2.37. The van der Waals surface area contributed by atoms with Crippen LogP contribution in [0, 0.1) is 0 Å². The first-order valence-corrected chi connectivity index (χ1v) is 7.85. The minimum Gasteiger partial charge on any atom is -0.392 e. The van der Waals surface area contributed by atoms with E-state index >= 15 is 0 Å². The summed E-state index contributed by atoms with van der Waals surface area (Å²) in [4.78, 5) is 7.54. The van der Waals surface area contributed by atoms with Crippen LogP contribution in [0.2, 0.25) is 0 Å². The Morgan fingerprint density at radius 2 is 2.47 bits per heavy atom. The molecular formula is C12H14BrN3O2S. The Hall–Kier alpha value is -0.760. The maximum absolute atomic E-state index is 9.63.